The fraction of sp³-hybridized carbons (Fsp3) is 0.0385. The Bertz CT molecular complexity index is 1300. The molecule has 4 aromatic rings. The van der Waals surface area contributed by atoms with Crippen molar-refractivity contribution in [1.82, 2.24) is 0 Å². The van der Waals surface area contributed by atoms with Crippen molar-refractivity contribution in [3.8, 4) is 0 Å². The maximum atomic E-state index is 13.6. The molecular formula is C26H18ClFO3. The molecule has 3 aromatic carbocycles. The van der Waals surface area contributed by atoms with Crippen molar-refractivity contribution in [3.05, 3.63) is 112 Å². The van der Waals surface area contributed by atoms with Gasteiger partial charge in [-0.25, -0.2) is 9.18 Å². The highest BCUT2D eigenvalue weighted by atomic mass is 35.5. The summed E-state index contributed by atoms with van der Waals surface area (Å²) in [6.07, 6.45) is 2.62. The molecule has 0 aliphatic heterocycles. The van der Waals surface area contributed by atoms with E-state index in [1.807, 2.05) is 61.5 Å². The molecular weight excluding hydrogens is 415 g/mol. The quantitative estimate of drug-likeness (QED) is 0.266. The summed E-state index contributed by atoms with van der Waals surface area (Å²) in [5.41, 5.74) is 4.73. The monoisotopic (exact) mass is 432 g/mol. The Labute approximate surface area is 183 Å². The number of aliphatic carboxylic acids is 1. The van der Waals surface area contributed by atoms with E-state index in [4.69, 9.17) is 21.1 Å². The summed E-state index contributed by atoms with van der Waals surface area (Å²) in [6.45, 7) is 1.92. The second-order valence-corrected chi connectivity index (χ2v) is 7.47. The van der Waals surface area contributed by atoms with Crippen LogP contribution >= 0.6 is 11.6 Å². The van der Waals surface area contributed by atoms with Gasteiger partial charge in [-0.15, -0.1) is 0 Å². The van der Waals surface area contributed by atoms with E-state index in [-0.39, 0.29) is 0 Å². The summed E-state index contributed by atoms with van der Waals surface area (Å²) in [5.74, 6) is -0.747. The van der Waals surface area contributed by atoms with E-state index < -0.39 is 11.8 Å². The minimum absolute atomic E-state index is 0.312. The van der Waals surface area contributed by atoms with Gasteiger partial charge < -0.3 is 9.52 Å². The van der Waals surface area contributed by atoms with Crippen LogP contribution in [0, 0.1) is 5.82 Å². The number of furan rings is 1. The van der Waals surface area contributed by atoms with E-state index >= 15 is 0 Å². The molecule has 0 amide bonds. The fourth-order valence-corrected chi connectivity index (χ4v) is 3.81. The normalized spacial score (nSPS) is 12.4. The van der Waals surface area contributed by atoms with Crippen molar-refractivity contribution in [2.45, 2.75) is 6.92 Å². The number of halogens is 2. The standard InChI is InChI=1S/C26H18ClFO3/c1-16(21-12-11-20(28)15-22(21)27)26(24-14-19-4-2-3-5-23(19)31-24)18-9-6-17(7-10-18)8-13-25(29)30/h2-15H,1H3,(H,29,30)/b13-8+,26-16+. The number of carboxylic acids is 1. The van der Waals surface area contributed by atoms with Crippen molar-refractivity contribution >= 4 is 45.8 Å². The Balaban J connectivity index is 1.89. The number of hydrogen-bond donors (Lipinski definition) is 1. The summed E-state index contributed by atoms with van der Waals surface area (Å²) in [4.78, 5) is 10.8. The third-order valence-electron chi connectivity index (χ3n) is 5.00. The third-order valence-corrected chi connectivity index (χ3v) is 5.31. The van der Waals surface area contributed by atoms with Gasteiger partial charge in [-0.1, -0.05) is 60.1 Å². The highest BCUT2D eigenvalue weighted by Gasteiger charge is 2.17. The molecule has 0 spiro atoms. The number of allylic oxidation sites excluding steroid dienone is 1. The molecule has 1 N–H and O–H groups in total. The van der Waals surface area contributed by atoms with Crippen LogP contribution in [0.4, 0.5) is 4.39 Å². The van der Waals surface area contributed by atoms with Gasteiger partial charge in [0.1, 0.15) is 17.2 Å². The molecule has 1 aromatic heterocycles. The average molecular weight is 433 g/mol. The van der Waals surface area contributed by atoms with Crippen LogP contribution in [-0.2, 0) is 4.79 Å². The number of hydrogen-bond acceptors (Lipinski definition) is 2. The first-order chi connectivity index (χ1) is 14.9. The Morgan fingerprint density at radius 3 is 2.45 bits per heavy atom. The molecule has 3 nitrogen and oxygen atoms in total. The third kappa shape index (κ3) is 4.44. The van der Waals surface area contributed by atoms with Crippen molar-refractivity contribution < 1.29 is 18.7 Å². The van der Waals surface area contributed by atoms with E-state index in [1.165, 1.54) is 18.2 Å². The van der Waals surface area contributed by atoms with E-state index in [9.17, 15) is 9.18 Å². The number of rotatable bonds is 5. The van der Waals surface area contributed by atoms with Crippen molar-refractivity contribution in [3.63, 3.8) is 0 Å². The Morgan fingerprint density at radius 1 is 1.03 bits per heavy atom. The van der Waals surface area contributed by atoms with Crippen molar-refractivity contribution in [2.75, 3.05) is 0 Å². The number of para-hydroxylation sites is 1. The van der Waals surface area contributed by atoms with E-state index in [0.717, 1.165) is 39.3 Å². The predicted octanol–water partition coefficient (Wildman–Crippen LogP) is 7.30. The molecule has 0 radical (unpaired) electrons. The van der Waals surface area contributed by atoms with Crippen LogP contribution in [0.5, 0.6) is 0 Å². The van der Waals surface area contributed by atoms with Gasteiger partial charge in [-0.05, 0) is 59.5 Å². The molecule has 1 heterocycles. The lowest BCUT2D eigenvalue weighted by atomic mass is 9.93. The highest BCUT2D eigenvalue weighted by molar-refractivity contribution is 6.32. The van der Waals surface area contributed by atoms with Crippen molar-refractivity contribution in [1.29, 1.82) is 0 Å². The maximum absolute atomic E-state index is 13.6. The molecule has 0 fully saturated rings. The first-order valence-corrected chi connectivity index (χ1v) is 9.97. The van der Waals surface area contributed by atoms with Gasteiger partial charge in [0.15, 0.2) is 0 Å². The molecule has 0 unspecified atom stereocenters. The van der Waals surface area contributed by atoms with Crippen LogP contribution in [-0.4, -0.2) is 11.1 Å². The van der Waals surface area contributed by atoms with Crippen LogP contribution in [0.2, 0.25) is 5.02 Å². The summed E-state index contributed by atoms with van der Waals surface area (Å²) < 4.78 is 19.7. The van der Waals surface area contributed by atoms with E-state index in [2.05, 4.69) is 0 Å². The van der Waals surface area contributed by atoms with Gasteiger partial charge in [-0.3, -0.25) is 0 Å². The molecule has 0 aliphatic carbocycles. The first kappa shape index (κ1) is 20.6. The van der Waals surface area contributed by atoms with Gasteiger partial charge in [0.2, 0.25) is 0 Å². The van der Waals surface area contributed by atoms with Crippen molar-refractivity contribution in [2.24, 2.45) is 0 Å². The lowest BCUT2D eigenvalue weighted by Gasteiger charge is -2.13. The zero-order chi connectivity index (χ0) is 22.0. The molecule has 0 aliphatic rings. The average Bonchev–Trinajstić information content (AvgIpc) is 3.16. The minimum atomic E-state index is -1.01. The fourth-order valence-electron chi connectivity index (χ4n) is 3.51. The molecule has 31 heavy (non-hydrogen) atoms. The zero-order valence-electron chi connectivity index (χ0n) is 16.6. The van der Waals surface area contributed by atoms with Gasteiger partial charge in [0, 0.05) is 17.0 Å². The van der Waals surface area contributed by atoms with Crippen LogP contribution in [0.3, 0.4) is 0 Å². The lowest BCUT2D eigenvalue weighted by molar-refractivity contribution is -0.131. The molecule has 0 bridgehead atoms. The molecule has 154 valence electrons. The van der Waals surface area contributed by atoms with Crippen LogP contribution < -0.4 is 0 Å². The summed E-state index contributed by atoms with van der Waals surface area (Å²) in [7, 11) is 0. The maximum Gasteiger partial charge on any atom is 0.328 e. The van der Waals surface area contributed by atoms with E-state index in [1.54, 1.807) is 6.07 Å². The Hall–Kier alpha value is -3.63. The largest absolute Gasteiger partial charge is 0.478 e. The lowest BCUT2D eigenvalue weighted by Crippen LogP contribution is -1.93. The zero-order valence-corrected chi connectivity index (χ0v) is 17.4. The molecule has 0 saturated carbocycles. The summed E-state index contributed by atoms with van der Waals surface area (Å²) in [5, 5.41) is 10.1. The number of carboxylic acid groups (broad SMARTS) is 1. The second-order valence-electron chi connectivity index (χ2n) is 7.07. The molecule has 0 saturated heterocycles. The second kappa shape index (κ2) is 8.62. The van der Waals surface area contributed by atoms with Gasteiger partial charge in [0.05, 0.1) is 5.02 Å². The van der Waals surface area contributed by atoms with Gasteiger partial charge >= 0.3 is 5.97 Å². The van der Waals surface area contributed by atoms with Gasteiger partial charge in [-0.2, -0.15) is 0 Å². The van der Waals surface area contributed by atoms with Gasteiger partial charge in [0.25, 0.3) is 0 Å². The first-order valence-electron chi connectivity index (χ1n) is 9.59. The van der Waals surface area contributed by atoms with E-state index in [0.29, 0.717) is 16.3 Å². The molecule has 4 rings (SSSR count). The highest BCUT2D eigenvalue weighted by Crippen LogP contribution is 2.37. The molecule has 0 atom stereocenters. The van der Waals surface area contributed by atoms with Crippen LogP contribution in [0.1, 0.15) is 29.4 Å². The number of carbonyl (C=O) groups is 1. The summed E-state index contributed by atoms with van der Waals surface area (Å²) in [6, 6.07) is 21.4. The number of benzene rings is 3. The molecule has 5 heteroatoms. The number of fused-ring (bicyclic) bond motifs is 1. The predicted molar refractivity (Wildman–Crippen MR) is 122 cm³/mol. The van der Waals surface area contributed by atoms with Crippen LogP contribution in [0.25, 0.3) is 28.2 Å². The Morgan fingerprint density at radius 2 is 1.77 bits per heavy atom. The smallest absolute Gasteiger partial charge is 0.328 e. The van der Waals surface area contributed by atoms with Crippen LogP contribution in [0.15, 0.2) is 83.3 Å². The SMILES string of the molecule is C/C(=C(/c1ccc(/C=C/C(=O)O)cc1)c1cc2ccccc2o1)c1ccc(F)cc1Cl. The topological polar surface area (TPSA) is 50.4 Å². The minimum Gasteiger partial charge on any atom is -0.478 e. The Kier molecular flexibility index (Phi) is 5.74. The summed E-state index contributed by atoms with van der Waals surface area (Å²) >= 11 is 6.35.